The molecular weight excluding hydrogens is 254 g/mol. The van der Waals surface area contributed by atoms with Crippen LogP contribution in [0.4, 0.5) is 5.69 Å². The monoisotopic (exact) mass is 277 g/mol. The summed E-state index contributed by atoms with van der Waals surface area (Å²) in [4.78, 5) is 14.4. The van der Waals surface area contributed by atoms with Crippen molar-refractivity contribution < 1.29 is 9.90 Å². The molecule has 0 saturated carbocycles. The predicted molar refractivity (Wildman–Crippen MR) is 79.7 cm³/mol. The number of carbonyl (C=O) groups is 1. The van der Waals surface area contributed by atoms with Gasteiger partial charge < -0.3 is 21.1 Å². The van der Waals surface area contributed by atoms with Crippen LogP contribution in [-0.2, 0) is 0 Å². The molecule has 4 N–H and O–H groups in total. The second-order valence-corrected chi connectivity index (χ2v) is 6.04. The van der Waals surface area contributed by atoms with Crippen molar-refractivity contribution in [1.82, 2.24) is 10.2 Å². The summed E-state index contributed by atoms with van der Waals surface area (Å²) < 4.78 is 0. The van der Waals surface area contributed by atoms with Gasteiger partial charge in [-0.1, -0.05) is 13.0 Å². The first-order chi connectivity index (χ1) is 9.41. The lowest BCUT2D eigenvalue weighted by Crippen LogP contribution is -2.43. The second-order valence-electron chi connectivity index (χ2n) is 6.04. The van der Waals surface area contributed by atoms with E-state index in [4.69, 9.17) is 5.73 Å². The summed E-state index contributed by atoms with van der Waals surface area (Å²) in [6.45, 7) is 4.92. The number of piperidine rings is 1. The van der Waals surface area contributed by atoms with Crippen LogP contribution in [0.5, 0.6) is 5.75 Å². The third-order valence-electron chi connectivity index (χ3n) is 4.18. The van der Waals surface area contributed by atoms with Crippen molar-refractivity contribution in [2.75, 3.05) is 32.4 Å². The number of para-hydroxylation sites is 1. The molecule has 0 aliphatic carbocycles. The number of carbonyl (C=O) groups excluding carboxylic acids is 1. The van der Waals surface area contributed by atoms with E-state index in [9.17, 15) is 9.90 Å². The normalized spacial score (nSPS) is 18.7. The highest BCUT2D eigenvalue weighted by molar-refractivity contribution is 5.98. The van der Waals surface area contributed by atoms with E-state index in [0.29, 0.717) is 6.54 Å². The number of anilines is 1. The number of phenolic OH excluding ortho intramolecular Hbond substituents is 1. The zero-order valence-corrected chi connectivity index (χ0v) is 12.1. The van der Waals surface area contributed by atoms with Crippen molar-refractivity contribution in [3.63, 3.8) is 0 Å². The van der Waals surface area contributed by atoms with Crippen molar-refractivity contribution in [3.8, 4) is 5.75 Å². The van der Waals surface area contributed by atoms with Crippen LogP contribution in [0, 0.1) is 5.41 Å². The van der Waals surface area contributed by atoms with Gasteiger partial charge in [0, 0.05) is 6.54 Å². The molecule has 1 aliphatic rings. The molecule has 0 bridgehead atoms. The lowest BCUT2D eigenvalue weighted by atomic mass is 9.80. The third-order valence-corrected chi connectivity index (χ3v) is 4.18. The van der Waals surface area contributed by atoms with Crippen LogP contribution in [0.15, 0.2) is 18.2 Å². The summed E-state index contributed by atoms with van der Waals surface area (Å²) in [5.74, 6) is -0.409. The van der Waals surface area contributed by atoms with E-state index in [-0.39, 0.29) is 28.3 Å². The predicted octanol–water partition coefficient (Wildman–Crippen LogP) is 1.44. The molecule has 5 heteroatoms. The quantitative estimate of drug-likeness (QED) is 0.577. The van der Waals surface area contributed by atoms with Gasteiger partial charge in [-0.05, 0) is 50.5 Å². The zero-order valence-electron chi connectivity index (χ0n) is 12.1. The van der Waals surface area contributed by atoms with Crippen molar-refractivity contribution in [2.24, 2.45) is 5.41 Å². The van der Waals surface area contributed by atoms with E-state index in [1.165, 1.54) is 0 Å². The number of nitrogens with zero attached hydrogens (tertiary/aromatic N) is 1. The molecule has 0 radical (unpaired) electrons. The van der Waals surface area contributed by atoms with Gasteiger partial charge in [-0.25, -0.2) is 0 Å². The van der Waals surface area contributed by atoms with Crippen LogP contribution < -0.4 is 11.1 Å². The lowest BCUT2D eigenvalue weighted by Gasteiger charge is -2.37. The Morgan fingerprint density at radius 1 is 1.45 bits per heavy atom. The standard InChI is InChI=1S/C15H23N3O2/c1-15(6-8-18(2)9-7-15)10-17-14(20)11-4-3-5-12(16)13(11)19/h3-5,19H,6-10,16H2,1-2H3,(H,17,20). The lowest BCUT2D eigenvalue weighted by molar-refractivity contribution is 0.0889. The Morgan fingerprint density at radius 3 is 2.75 bits per heavy atom. The van der Waals surface area contributed by atoms with Crippen LogP contribution in [-0.4, -0.2) is 42.6 Å². The first kappa shape index (κ1) is 14.7. The molecule has 0 spiro atoms. The fourth-order valence-corrected chi connectivity index (χ4v) is 2.47. The van der Waals surface area contributed by atoms with Crippen LogP contribution in [0.2, 0.25) is 0 Å². The van der Waals surface area contributed by atoms with E-state index < -0.39 is 0 Å². The molecule has 0 aromatic heterocycles. The van der Waals surface area contributed by atoms with E-state index >= 15 is 0 Å². The molecule has 1 aliphatic heterocycles. The van der Waals surface area contributed by atoms with Gasteiger partial charge in [-0.3, -0.25) is 4.79 Å². The number of rotatable bonds is 3. The summed E-state index contributed by atoms with van der Waals surface area (Å²) in [6, 6.07) is 4.82. The molecule has 1 heterocycles. The molecule has 1 aromatic rings. The minimum atomic E-state index is -0.269. The molecule has 20 heavy (non-hydrogen) atoms. The first-order valence-corrected chi connectivity index (χ1v) is 6.95. The maximum atomic E-state index is 12.1. The number of hydrogen-bond donors (Lipinski definition) is 3. The minimum absolute atomic E-state index is 0.123. The maximum absolute atomic E-state index is 12.1. The van der Waals surface area contributed by atoms with Gasteiger partial charge in [-0.2, -0.15) is 0 Å². The van der Waals surface area contributed by atoms with E-state index in [2.05, 4.69) is 24.2 Å². The van der Waals surface area contributed by atoms with Crippen molar-refractivity contribution in [1.29, 1.82) is 0 Å². The number of nitrogens with one attached hydrogen (secondary N) is 1. The topological polar surface area (TPSA) is 78.6 Å². The first-order valence-electron chi connectivity index (χ1n) is 6.95. The summed E-state index contributed by atoms with van der Waals surface area (Å²) >= 11 is 0. The largest absolute Gasteiger partial charge is 0.505 e. The van der Waals surface area contributed by atoms with Gasteiger partial charge in [-0.15, -0.1) is 0 Å². The highest BCUT2D eigenvalue weighted by Gasteiger charge is 2.29. The Kier molecular flexibility index (Phi) is 4.18. The maximum Gasteiger partial charge on any atom is 0.255 e. The molecule has 0 atom stereocenters. The number of hydrogen-bond acceptors (Lipinski definition) is 4. The van der Waals surface area contributed by atoms with Crippen molar-refractivity contribution in [3.05, 3.63) is 23.8 Å². The van der Waals surface area contributed by atoms with Crippen molar-refractivity contribution >= 4 is 11.6 Å². The van der Waals surface area contributed by atoms with Crippen LogP contribution in [0.1, 0.15) is 30.1 Å². The van der Waals surface area contributed by atoms with Crippen LogP contribution in [0.3, 0.4) is 0 Å². The molecule has 110 valence electrons. The van der Waals surface area contributed by atoms with Gasteiger partial charge in [0.25, 0.3) is 5.91 Å². The van der Waals surface area contributed by atoms with Crippen molar-refractivity contribution in [2.45, 2.75) is 19.8 Å². The summed E-state index contributed by atoms with van der Waals surface area (Å²) in [5.41, 5.74) is 6.19. The molecule has 2 rings (SSSR count). The molecule has 1 amide bonds. The number of likely N-dealkylation sites (tertiary alicyclic amines) is 1. The smallest absolute Gasteiger partial charge is 0.255 e. The Balaban J connectivity index is 1.97. The Bertz CT molecular complexity index is 494. The van der Waals surface area contributed by atoms with E-state index in [1.807, 2.05) is 0 Å². The molecule has 0 unspecified atom stereocenters. The summed E-state index contributed by atoms with van der Waals surface area (Å²) in [5, 5.41) is 12.7. The molecule has 1 aromatic carbocycles. The van der Waals surface area contributed by atoms with Crippen LogP contribution >= 0.6 is 0 Å². The molecule has 5 nitrogen and oxygen atoms in total. The van der Waals surface area contributed by atoms with E-state index in [1.54, 1.807) is 18.2 Å². The Morgan fingerprint density at radius 2 is 2.10 bits per heavy atom. The van der Waals surface area contributed by atoms with Gasteiger partial charge in [0.1, 0.15) is 0 Å². The van der Waals surface area contributed by atoms with Gasteiger partial charge in [0.15, 0.2) is 5.75 Å². The average molecular weight is 277 g/mol. The summed E-state index contributed by atoms with van der Waals surface area (Å²) in [6.07, 6.45) is 2.12. The Hall–Kier alpha value is -1.75. The minimum Gasteiger partial charge on any atom is -0.505 e. The molecule has 1 saturated heterocycles. The SMILES string of the molecule is CN1CCC(C)(CNC(=O)c2cccc(N)c2O)CC1. The van der Waals surface area contributed by atoms with Gasteiger partial charge >= 0.3 is 0 Å². The second kappa shape index (κ2) is 5.71. The number of amides is 1. The zero-order chi connectivity index (χ0) is 14.8. The number of benzene rings is 1. The van der Waals surface area contributed by atoms with Crippen LogP contribution in [0.25, 0.3) is 0 Å². The molecule has 1 fully saturated rings. The fraction of sp³-hybridized carbons (Fsp3) is 0.533. The fourth-order valence-electron chi connectivity index (χ4n) is 2.47. The summed E-state index contributed by atoms with van der Waals surface area (Å²) in [7, 11) is 2.11. The number of nitrogen functional groups attached to an aromatic ring is 1. The number of aromatic hydroxyl groups is 1. The highest BCUT2D eigenvalue weighted by Crippen LogP contribution is 2.30. The average Bonchev–Trinajstić information content (AvgIpc) is 2.43. The van der Waals surface area contributed by atoms with Gasteiger partial charge in [0.2, 0.25) is 0 Å². The number of phenols is 1. The molecular formula is C15H23N3O2. The third kappa shape index (κ3) is 3.22. The number of nitrogens with two attached hydrogens (primary N) is 1. The highest BCUT2D eigenvalue weighted by atomic mass is 16.3. The van der Waals surface area contributed by atoms with E-state index in [0.717, 1.165) is 25.9 Å². The van der Waals surface area contributed by atoms with Gasteiger partial charge in [0.05, 0.1) is 11.3 Å². The Labute approximate surface area is 119 Å².